The number of carboxylic acid groups (broad SMARTS) is 1. The van der Waals surface area contributed by atoms with E-state index >= 15 is 0 Å². The molecule has 0 spiro atoms. The van der Waals surface area contributed by atoms with E-state index in [9.17, 15) is 10.1 Å². The predicted molar refractivity (Wildman–Crippen MR) is 117 cm³/mol. The van der Waals surface area contributed by atoms with Gasteiger partial charge in [0.2, 0.25) is 5.91 Å². The summed E-state index contributed by atoms with van der Waals surface area (Å²) in [6.07, 6.45) is 10.0. The van der Waals surface area contributed by atoms with Crippen molar-refractivity contribution in [1.29, 1.82) is 5.26 Å². The van der Waals surface area contributed by atoms with E-state index in [4.69, 9.17) is 9.90 Å². The molecule has 10 nitrogen and oxygen atoms in total. The number of aryl methyl sites for hydroxylation is 1. The van der Waals surface area contributed by atoms with Crippen LogP contribution in [-0.2, 0) is 16.1 Å². The topological polar surface area (TPSA) is 128 Å². The molecule has 0 bridgehead atoms. The SMILES string of the molecule is N#Cc1cccnc1N1CCC(C2CCN(C(=O)CCn3cnnc3)CC2)CC1.O=CO. The highest BCUT2D eigenvalue weighted by Gasteiger charge is 2.31. The van der Waals surface area contributed by atoms with Gasteiger partial charge in [-0.05, 0) is 49.7 Å². The van der Waals surface area contributed by atoms with Gasteiger partial charge in [0.15, 0.2) is 0 Å². The summed E-state index contributed by atoms with van der Waals surface area (Å²) in [5.41, 5.74) is 0.657. The molecule has 0 unspecified atom stereocenters. The van der Waals surface area contributed by atoms with Crippen LogP contribution in [0.2, 0.25) is 0 Å². The number of likely N-dealkylation sites (tertiary alicyclic amines) is 1. The molecule has 32 heavy (non-hydrogen) atoms. The van der Waals surface area contributed by atoms with E-state index in [1.165, 1.54) is 0 Å². The smallest absolute Gasteiger partial charge is 0.290 e. The monoisotopic (exact) mass is 439 g/mol. The van der Waals surface area contributed by atoms with E-state index in [0.717, 1.165) is 57.7 Å². The number of piperidine rings is 2. The van der Waals surface area contributed by atoms with Crippen molar-refractivity contribution in [2.24, 2.45) is 11.8 Å². The maximum absolute atomic E-state index is 12.5. The van der Waals surface area contributed by atoms with Crippen LogP contribution in [0.15, 0.2) is 31.0 Å². The minimum Gasteiger partial charge on any atom is -0.483 e. The Kier molecular flexibility index (Phi) is 8.54. The van der Waals surface area contributed by atoms with E-state index in [-0.39, 0.29) is 12.4 Å². The third kappa shape index (κ3) is 6.03. The zero-order valence-corrected chi connectivity index (χ0v) is 18.1. The van der Waals surface area contributed by atoms with E-state index < -0.39 is 0 Å². The van der Waals surface area contributed by atoms with Crippen LogP contribution < -0.4 is 4.90 Å². The van der Waals surface area contributed by atoms with Crippen LogP contribution in [0, 0.1) is 23.2 Å². The van der Waals surface area contributed by atoms with Gasteiger partial charge in [-0.2, -0.15) is 5.26 Å². The summed E-state index contributed by atoms with van der Waals surface area (Å²) in [6, 6.07) is 5.91. The van der Waals surface area contributed by atoms with Gasteiger partial charge in [0.25, 0.3) is 6.47 Å². The van der Waals surface area contributed by atoms with Gasteiger partial charge in [-0.1, -0.05) is 0 Å². The molecule has 1 N–H and O–H groups in total. The molecule has 170 valence electrons. The highest BCUT2D eigenvalue weighted by Crippen LogP contribution is 2.34. The second-order valence-corrected chi connectivity index (χ2v) is 8.08. The summed E-state index contributed by atoms with van der Waals surface area (Å²) in [7, 11) is 0. The molecule has 10 heteroatoms. The number of carbonyl (C=O) groups is 2. The zero-order valence-electron chi connectivity index (χ0n) is 18.1. The molecule has 0 aliphatic carbocycles. The van der Waals surface area contributed by atoms with Crippen molar-refractivity contribution in [2.75, 3.05) is 31.1 Å². The van der Waals surface area contributed by atoms with E-state index in [2.05, 4.69) is 26.2 Å². The Morgan fingerprint density at radius 1 is 1.12 bits per heavy atom. The molecule has 2 aliphatic heterocycles. The molecule has 2 aliphatic rings. The minimum atomic E-state index is -0.250. The molecule has 2 fully saturated rings. The number of pyridine rings is 1. The third-order valence-electron chi connectivity index (χ3n) is 6.36. The second-order valence-electron chi connectivity index (χ2n) is 8.08. The maximum Gasteiger partial charge on any atom is 0.290 e. The average Bonchev–Trinajstić information content (AvgIpc) is 3.37. The van der Waals surface area contributed by atoms with Gasteiger partial charge in [0, 0.05) is 45.3 Å². The van der Waals surface area contributed by atoms with Crippen LogP contribution in [0.5, 0.6) is 0 Å². The lowest BCUT2D eigenvalue weighted by atomic mass is 9.78. The summed E-state index contributed by atoms with van der Waals surface area (Å²) in [4.78, 5) is 29.5. The van der Waals surface area contributed by atoms with E-state index in [1.807, 2.05) is 21.6 Å². The van der Waals surface area contributed by atoms with Gasteiger partial charge < -0.3 is 19.5 Å². The van der Waals surface area contributed by atoms with Crippen LogP contribution in [0.3, 0.4) is 0 Å². The standard InChI is InChI=1S/C21H27N7O.CH2O2/c22-14-19-2-1-8-23-21(19)28-12-5-18(6-13-28)17-3-10-27(11-4-17)20(29)7-9-26-15-24-25-16-26;2-1-3/h1-2,8,15-18H,3-7,9-13H2;1H,(H,2,3). The summed E-state index contributed by atoms with van der Waals surface area (Å²) in [6.45, 7) is 4.03. The van der Waals surface area contributed by atoms with Crippen molar-refractivity contribution in [3.8, 4) is 6.07 Å². The van der Waals surface area contributed by atoms with E-state index in [1.54, 1.807) is 18.9 Å². The number of rotatable bonds is 5. The third-order valence-corrected chi connectivity index (χ3v) is 6.36. The molecule has 4 heterocycles. The molecule has 1 amide bonds. The summed E-state index contributed by atoms with van der Waals surface area (Å²) in [5, 5.41) is 23.7. The number of anilines is 1. The van der Waals surface area contributed by atoms with Crippen molar-refractivity contribution >= 4 is 18.2 Å². The highest BCUT2D eigenvalue weighted by molar-refractivity contribution is 5.76. The van der Waals surface area contributed by atoms with Gasteiger partial charge in [-0.3, -0.25) is 9.59 Å². The Bertz CT molecular complexity index is 896. The summed E-state index contributed by atoms with van der Waals surface area (Å²) in [5.74, 6) is 2.45. The Balaban J connectivity index is 0.000000913. The largest absolute Gasteiger partial charge is 0.483 e. The van der Waals surface area contributed by atoms with Crippen molar-refractivity contribution in [3.05, 3.63) is 36.5 Å². The van der Waals surface area contributed by atoms with Crippen molar-refractivity contribution in [3.63, 3.8) is 0 Å². The minimum absolute atomic E-state index is 0.228. The predicted octanol–water partition coefficient (Wildman–Crippen LogP) is 1.79. The molecule has 2 aromatic rings. The first-order valence-electron chi connectivity index (χ1n) is 10.9. The first kappa shape index (κ1) is 23.2. The van der Waals surface area contributed by atoms with Gasteiger partial charge in [-0.15, -0.1) is 10.2 Å². The molecule has 4 rings (SSSR count). The maximum atomic E-state index is 12.5. The Morgan fingerprint density at radius 2 is 1.72 bits per heavy atom. The molecular weight excluding hydrogens is 410 g/mol. The van der Waals surface area contributed by atoms with Crippen LogP contribution in [-0.4, -0.2) is 68.3 Å². The quantitative estimate of drug-likeness (QED) is 0.698. The molecule has 0 radical (unpaired) electrons. The molecule has 2 aromatic heterocycles. The van der Waals surface area contributed by atoms with Crippen molar-refractivity contribution < 1.29 is 14.7 Å². The van der Waals surface area contributed by atoms with Gasteiger partial charge in [0.05, 0.1) is 5.56 Å². The molecule has 2 saturated heterocycles. The summed E-state index contributed by atoms with van der Waals surface area (Å²) >= 11 is 0. The van der Waals surface area contributed by atoms with Gasteiger partial charge in [-0.25, -0.2) is 4.98 Å². The summed E-state index contributed by atoms with van der Waals surface area (Å²) < 4.78 is 1.84. The first-order valence-corrected chi connectivity index (χ1v) is 10.9. The fourth-order valence-corrected chi connectivity index (χ4v) is 4.66. The molecular formula is C22H29N7O3. The number of amides is 1. The van der Waals surface area contributed by atoms with Crippen LogP contribution in [0.1, 0.15) is 37.7 Å². The number of hydrogen-bond acceptors (Lipinski definition) is 7. The lowest BCUT2D eigenvalue weighted by Crippen LogP contribution is -2.43. The van der Waals surface area contributed by atoms with Gasteiger partial charge >= 0.3 is 0 Å². The van der Waals surface area contributed by atoms with Crippen LogP contribution in [0.4, 0.5) is 5.82 Å². The first-order chi connectivity index (χ1) is 15.7. The average molecular weight is 440 g/mol. The van der Waals surface area contributed by atoms with Crippen LogP contribution >= 0.6 is 0 Å². The Morgan fingerprint density at radius 3 is 2.31 bits per heavy atom. The van der Waals surface area contributed by atoms with Crippen LogP contribution in [0.25, 0.3) is 0 Å². The van der Waals surface area contributed by atoms with Crippen molar-refractivity contribution in [1.82, 2.24) is 24.6 Å². The number of hydrogen-bond donors (Lipinski definition) is 1. The number of carbonyl (C=O) groups excluding carboxylic acids is 1. The highest BCUT2D eigenvalue weighted by atomic mass is 16.3. The number of nitrogens with zero attached hydrogens (tertiary/aromatic N) is 7. The van der Waals surface area contributed by atoms with Crippen molar-refractivity contribution in [2.45, 2.75) is 38.6 Å². The lowest BCUT2D eigenvalue weighted by Gasteiger charge is -2.40. The fraction of sp³-hybridized carbons (Fsp3) is 0.545. The number of aromatic nitrogens is 4. The van der Waals surface area contributed by atoms with E-state index in [0.29, 0.717) is 30.4 Å². The molecule has 0 atom stereocenters. The van der Waals surface area contributed by atoms with Gasteiger partial charge in [0.1, 0.15) is 24.5 Å². The molecule has 0 saturated carbocycles. The second kappa shape index (κ2) is 11.8. The molecule has 0 aromatic carbocycles. The Labute approximate surface area is 187 Å². The Hall–Kier alpha value is -3.48. The lowest BCUT2D eigenvalue weighted by molar-refractivity contribution is -0.133. The zero-order chi connectivity index (χ0) is 22.8. The number of nitriles is 1. The fourth-order valence-electron chi connectivity index (χ4n) is 4.66. The normalized spacial score (nSPS) is 17.2.